The molecule has 1 saturated heterocycles. The van der Waals surface area contributed by atoms with Gasteiger partial charge in [0.25, 0.3) is 0 Å². The van der Waals surface area contributed by atoms with E-state index in [9.17, 15) is 4.79 Å². The molecular weight excluding hydrogens is 248 g/mol. The van der Waals surface area contributed by atoms with Crippen molar-refractivity contribution in [3.05, 3.63) is 0 Å². The van der Waals surface area contributed by atoms with Gasteiger partial charge in [-0.25, -0.2) is 0 Å². The van der Waals surface area contributed by atoms with E-state index in [0.717, 1.165) is 19.4 Å². The van der Waals surface area contributed by atoms with E-state index in [1.54, 1.807) is 0 Å². The summed E-state index contributed by atoms with van der Waals surface area (Å²) >= 11 is 0. The summed E-state index contributed by atoms with van der Waals surface area (Å²) in [5, 5.41) is 3.53. The zero-order valence-electron chi connectivity index (χ0n) is 14.1. The molecule has 1 heterocycles. The summed E-state index contributed by atoms with van der Waals surface area (Å²) in [5.41, 5.74) is 0. The third-order valence-electron chi connectivity index (χ3n) is 4.44. The van der Waals surface area contributed by atoms with Crippen LogP contribution >= 0.6 is 0 Å². The molecular formula is C17H34N2O. The van der Waals surface area contributed by atoms with Crippen LogP contribution in [0, 0.1) is 11.8 Å². The van der Waals surface area contributed by atoms with Gasteiger partial charge >= 0.3 is 0 Å². The van der Waals surface area contributed by atoms with Crippen molar-refractivity contribution in [2.45, 2.75) is 85.4 Å². The van der Waals surface area contributed by atoms with Crippen LogP contribution < -0.4 is 5.32 Å². The Hall–Kier alpha value is -0.570. The molecule has 3 atom stereocenters. The fraction of sp³-hybridized carbons (Fsp3) is 0.941. The smallest absolute Gasteiger partial charge is 0.241 e. The first kappa shape index (κ1) is 17.5. The second-order valence-corrected chi connectivity index (χ2v) is 6.68. The Morgan fingerprint density at radius 2 is 1.95 bits per heavy atom. The van der Waals surface area contributed by atoms with Crippen molar-refractivity contribution in [2.24, 2.45) is 11.8 Å². The molecule has 0 aliphatic carbocycles. The molecule has 1 fully saturated rings. The molecule has 1 aliphatic heterocycles. The molecule has 1 N–H and O–H groups in total. The number of hydrogen-bond acceptors (Lipinski definition) is 2. The molecule has 1 aliphatic rings. The average Bonchev–Trinajstić information content (AvgIpc) is 2.70. The second-order valence-electron chi connectivity index (χ2n) is 6.68. The molecule has 1 rings (SSSR count). The Labute approximate surface area is 125 Å². The van der Waals surface area contributed by atoms with Gasteiger partial charge < -0.3 is 4.90 Å². The highest BCUT2D eigenvalue weighted by molar-refractivity contribution is 5.84. The maximum absolute atomic E-state index is 12.6. The quantitative estimate of drug-likeness (QED) is 0.698. The Bertz CT molecular complexity index is 291. The first-order valence-corrected chi connectivity index (χ1v) is 8.59. The van der Waals surface area contributed by atoms with Gasteiger partial charge in [-0.2, -0.15) is 0 Å². The topological polar surface area (TPSA) is 32.3 Å². The summed E-state index contributed by atoms with van der Waals surface area (Å²) in [5.74, 6) is 1.56. The Balaban J connectivity index is 2.63. The Morgan fingerprint density at radius 1 is 1.25 bits per heavy atom. The average molecular weight is 282 g/mol. The van der Waals surface area contributed by atoms with E-state index in [2.05, 4.69) is 44.8 Å². The Morgan fingerprint density at radius 3 is 2.45 bits per heavy atom. The van der Waals surface area contributed by atoms with Crippen molar-refractivity contribution in [2.75, 3.05) is 6.54 Å². The predicted octanol–water partition coefficient (Wildman–Crippen LogP) is 3.79. The molecule has 0 saturated carbocycles. The fourth-order valence-electron chi connectivity index (χ4n) is 3.14. The highest BCUT2D eigenvalue weighted by Gasteiger charge is 2.38. The largest absolute Gasteiger partial charge is 0.326 e. The van der Waals surface area contributed by atoms with Crippen LogP contribution in [0.25, 0.3) is 0 Å². The first-order chi connectivity index (χ1) is 9.53. The monoisotopic (exact) mass is 282 g/mol. The molecule has 0 aromatic rings. The van der Waals surface area contributed by atoms with Gasteiger partial charge in [0, 0.05) is 6.54 Å². The third-order valence-corrected chi connectivity index (χ3v) is 4.44. The van der Waals surface area contributed by atoms with Crippen LogP contribution in [0.5, 0.6) is 0 Å². The SMILES string of the molecule is CCCCC(CC)CN1C(=O)C(CC(C)C)NC1CC. The summed E-state index contributed by atoms with van der Waals surface area (Å²) in [4.78, 5) is 14.7. The van der Waals surface area contributed by atoms with E-state index in [-0.39, 0.29) is 12.2 Å². The number of nitrogens with zero attached hydrogens (tertiary/aromatic N) is 1. The normalized spacial score (nSPS) is 24.7. The minimum Gasteiger partial charge on any atom is -0.326 e. The lowest BCUT2D eigenvalue weighted by atomic mass is 9.98. The molecule has 0 aromatic heterocycles. The standard InChI is InChI=1S/C17H34N2O/c1-6-9-10-14(7-2)12-19-16(8-3)18-15(17(19)20)11-13(4)5/h13-16,18H,6-12H2,1-5H3. The number of carbonyl (C=O) groups excluding carboxylic acids is 1. The molecule has 0 bridgehead atoms. The molecule has 118 valence electrons. The van der Waals surface area contributed by atoms with Crippen LogP contribution in [0.4, 0.5) is 0 Å². The summed E-state index contributed by atoms with van der Waals surface area (Å²) in [6.07, 6.45) is 7.16. The number of unbranched alkanes of at least 4 members (excludes halogenated alkanes) is 1. The zero-order valence-corrected chi connectivity index (χ0v) is 14.1. The highest BCUT2D eigenvalue weighted by Crippen LogP contribution is 2.23. The third kappa shape index (κ3) is 4.76. The summed E-state index contributed by atoms with van der Waals surface area (Å²) in [7, 11) is 0. The van der Waals surface area contributed by atoms with E-state index < -0.39 is 0 Å². The molecule has 0 radical (unpaired) electrons. The van der Waals surface area contributed by atoms with Crippen LogP contribution in [0.1, 0.15) is 73.1 Å². The predicted molar refractivity (Wildman–Crippen MR) is 85.5 cm³/mol. The molecule has 0 spiro atoms. The summed E-state index contributed by atoms with van der Waals surface area (Å²) in [6.45, 7) is 12.0. The maximum Gasteiger partial charge on any atom is 0.241 e. The van der Waals surface area contributed by atoms with E-state index in [0.29, 0.717) is 17.7 Å². The maximum atomic E-state index is 12.6. The minimum atomic E-state index is 0.0450. The number of hydrogen-bond donors (Lipinski definition) is 1. The molecule has 3 nitrogen and oxygen atoms in total. The molecule has 20 heavy (non-hydrogen) atoms. The van der Waals surface area contributed by atoms with Crippen molar-refractivity contribution in [3.8, 4) is 0 Å². The van der Waals surface area contributed by atoms with Crippen molar-refractivity contribution >= 4 is 5.91 Å². The number of rotatable bonds is 9. The minimum absolute atomic E-state index is 0.0450. The van der Waals surface area contributed by atoms with Crippen LogP contribution in [0.2, 0.25) is 0 Å². The highest BCUT2D eigenvalue weighted by atomic mass is 16.2. The van der Waals surface area contributed by atoms with E-state index in [4.69, 9.17) is 0 Å². The number of amides is 1. The fourth-order valence-corrected chi connectivity index (χ4v) is 3.14. The van der Waals surface area contributed by atoms with Gasteiger partial charge in [-0.1, -0.05) is 53.9 Å². The van der Waals surface area contributed by atoms with Gasteiger partial charge in [-0.05, 0) is 31.1 Å². The van der Waals surface area contributed by atoms with Crippen LogP contribution in [-0.2, 0) is 4.79 Å². The van der Waals surface area contributed by atoms with Crippen molar-refractivity contribution in [1.29, 1.82) is 0 Å². The zero-order chi connectivity index (χ0) is 15.1. The van der Waals surface area contributed by atoms with E-state index >= 15 is 0 Å². The first-order valence-electron chi connectivity index (χ1n) is 8.59. The van der Waals surface area contributed by atoms with Crippen molar-refractivity contribution in [1.82, 2.24) is 10.2 Å². The van der Waals surface area contributed by atoms with E-state index in [1.807, 2.05) is 0 Å². The van der Waals surface area contributed by atoms with Crippen LogP contribution in [0.15, 0.2) is 0 Å². The lowest BCUT2D eigenvalue weighted by Crippen LogP contribution is -2.39. The lowest BCUT2D eigenvalue weighted by Gasteiger charge is -2.27. The molecule has 1 amide bonds. The van der Waals surface area contributed by atoms with Gasteiger partial charge in [-0.3, -0.25) is 10.1 Å². The number of carbonyl (C=O) groups is 1. The molecule has 3 unspecified atom stereocenters. The van der Waals surface area contributed by atoms with Crippen molar-refractivity contribution < 1.29 is 4.79 Å². The lowest BCUT2D eigenvalue weighted by molar-refractivity contribution is -0.131. The molecule has 0 aromatic carbocycles. The van der Waals surface area contributed by atoms with Gasteiger partial charge in [0.2, 0.25) is 5.91 Å². The van der Waals surface area contributed by atoms with E-state index in [1.165, 1.54) is 25.7 Å². The number of nitrogens with one attached hydrogen (secondary N) is 1. The van der Waals surface area contributed by atoms with Gasteiger partial charge in [0.15, 0.2) is 0 Å². The van der Waals surface area contributed by atoms with Crippen molar-refractivity contribution in [3.63, 3.8) is 0 Å². The Kier molecular flexibility index (Phi) is 7.57. The van der Waals surface area contributed by atoms with Gasteiger partial charge in [0.05, 0.1) is 12.2 Å². The second kappa shape index (κ2) is 8.66. The van der Waals surface area contributed by atoms with Crippen LogP contribution in [-0.4, -0.2) is 29.6 Å². The van der Waals surface area contributed by atoms with Gasteiger partial charge in [-0.15, -0.1) is 0 Å². The summed E-state index contributed by atoms with van der Waals surface area (Å²) < 4.78 is 0. The summed E-state index contributed by atoms with van der Waals surface area (Å²) in [6, 6.07) is 0.0450. The van der Waals surface area contributed by atoms with Gasteiger partial charge in [0.1, 0.15) is 0 Å². The van der Waals surface area contributed by atoms with Crippen LogP contribution in [0.3, 0.4) is 0 Å². The molecule has 3 heteroatoms.